The molecule has 1 aliphatic heterocycles. The summed E-state index contributed by atoms with van der Waals surface area (Å²) in [5.74, 6) is 0.306. The highest BCUT2D eigenvalue weighted by atomic mass is 16.6. The number of likely N-dealkylation sites (tertiary alicyclic amines) is 1. The number of ether oxygens (including phenoxy) is 2. The van der Waals surface area contributed by atoms with Crippen molar-refractivity contribution >= 4 is 23.5 Å². The predicted octanol–water partition coefficient (Wildman–Crippen LogP) is 3.61. The number of esters is 1. The molecule has 7 heteroatoms. The minimum atomic E-state index is -0.511. The van der Waals surface area contributed by atoms with Gasteiger partial charge in [-0.3, -0.25) is 9.59 Å². The molecule has 0 spiro atoms. The van der Waals surface area contributed by atoms with Gasteiger partial charge in [0.25, 0.3) is 11.8 Å². The minimum absolute atomic E-state index is 0.0792. The van der Waals surface area contributed by atoms with Crippen LogP contribution in [-0.4, -0.2) is 49.5 Å². The van der Waals surface area contributed by atoms with Crippen molar-refractivity contribution in [3.63, 3.8) is 0 Å². The molecule has 0 bridgehead atoms. The normalized spacial score (nSPS) is 18.2. The molecule has 1 fully saturated rings. The maximum absolute atomic E-state index is 13.2. The fourth-order valence-electron chi connectivity index (χ4n) is 3.90. The Morgan fingerprint density at radius 3 is 2.45 bits per heavy atom. The highest BCUT2D eigenvalue weighted by Crippen LogP contribution is 2.25. The summed E-state index contributed by atoms with van der Waals surface area (Å²) in [6.45, 7) is 5.49. The van der Waals surface area contributed by atoms with E-state index < -0.39 is 5.97 Å². The zero-order valence-corrected chi connectivity index (χ0v) is 18.1. The number of hydrogen-bond donors (Lipinski definition) is 1. The van der Waals surface area contributed by atoms with E-state index in [4.69, 9.17) is 4.74 Å². The van der Waals surface area contributed by atoms with E-state index in [1.165, 1.54) is 13.2 Å². The van der Waals surface area contributed by atoms with Gasteiger partial charge in [0.1, 0.15) is 5.75 Å². The molecule has 1 heterocycles. The largest absolute Gasteiger partial charge is 0.482 e. The summed E-state index contributed by atoms with van der Waals surface area (Å²) in [6, 6.07) is 13.5. The first-order valence-corrected chi connectivity index (χ1v) is 10.4. The third-order valence-electron chi connectivity index (χ3n) is 5.24. The van der Waals surface area contributed by atoms with Gasteiger partial charge in [-0.25, -0.2) is 4.79 Å². The summed E-state index contributed by atoms with van der Waals surface area (Å²) in [4.78, 5) is 39.1. The number of methoxy groups -OCH3 is 1. The van der Waals surface area contributed by atoms with Gasteiger partial charge in [-0.05, 0) is 48.6 Å². The predicted molar refractivity (Wildman–Crippen MR) is 117 cm³/mol. The van der Waals surface area contributed by atoms with Gasteiger partial charge in [-0.2, -0.15) is 0 Å². The molecule has 2 atom stereocenters. The van der Waals surface area contributed by atoms with Gasteiger partial charge >= 0.3 is 5.97 Å². The van der Waals surface area contributed by atoms with E-state index in [1.54, 1.807) is 42.5 Å². The van der Waals surface area contributed by atoms with Crippen molar-refractivity contribution in [2.45, 2.75) is 20.3 Å². The van der Waals surface area contributed by atoms with Crippen LogP contribution in [0.3, 0.4) is 0 Å². The summed E-state index contributed by atoms with van der Waals surface area (Å²) < 4.78 is 9.89. The Bertz CT molecular complexity index is 948. The van der Waals surface area contributed by atoms with E-state index in [2.05, 4.69) is 23.9 Å². The second kappa shape index (κ2) is 10.1. The number of rotatable bonds is 6. The van der Waals surface area contributed by atoms with Gasteiger partial charge in [0.05, 0.1) is 18.4 Å². The Hall–Kier alpha value is -3.35. The zero-order chi connectivity index (χ0) is 22.4. The fourth-order valence-corrected chi connectivity index (χ4v) is 3.90. The van der Waals surface area contributed by atoms with Crippen molar-refractivity contribution in [1.29, 1.82) is 0 Å². The van der Waals surface area contributed by atoms with Gasteiger partial charge in [-0.1, -0.05) is 32.0 Å². The molecule has 2 aromatic rings. The highest BCUT2D eigenvalue weighted by molar-refractivity contribution is 6.09. The summed E-state index contributed by atoms with van der Waals surface area (Å²) in [5.41, 5.74) is 1.28. The third-order valence-corrected chi connectivity index (χ3v) is 5.24. The van der Waals surface area contributed by atoms with Crippen LogP contribution in [0.25, 0.3) is 0 Å². The van der Waals surface area contributed by atoms with E-state index in [0.29, 0.717) is 47.5 Å². The Morgan fingerprint density at radius 1 is 1.03 bits per heavy atom. The highest BCUT2D eigenvalue weighted by Gasteiger charge is 2.27. The minimum Gasteiger partial charge on any atom is -0.482 e. The molecule has 0 saturated carbocycles. The van der Waals surface area contributed by atoms with E-state index in [-0.39, 0.29) is 18.4 Å². The maximum atomic E-state index is 13.2. The number of anilines is 1. The average molecular weight is 424 g/mol. The first kappa shape index (κ1) is 22.3. The first-order valence-electron chi connectivity index (χ1n) is 10.4. The molecule has 2 unspecified atom stereocenters. The van der Waals surface area contributed by atoms with Crippen LogP contribution < -0.4 is 10.1 Å². The number of benzene rings is 2. The molecule has 1 saturated heterocycles. The van der Waals surface area contributed by atoms with Crippen molar-refractivity contribution < 1.29 is 23.9 Å². The summed E-state index contributed by atoms with van der Waals surface area (Å²) in [7, 11) is 1.28. The Morgan fingerprint density at radius 2 is 1.74 bits per heavy atom. The Labute approximate surface area is 182 Å². The monoisotopic (exact) mass is 424 g/mol. The van der Waals surface area contributed by atoms with Crippen LogP contribution >= 0.6 is 0 Å². The topological polar surface area (TPSA) is 84.9 Å². The van der Waals surface area contributed by atoms with Crippen LogP contribution in [-0.2, 0) is 9.53 Å². The lowest BCUT2D eigenvalue weighted by Gasteiger charge is -2.35. The maximum Gasteiger partial charge on any atom is 0.343 e. The number of nitrogens with zero attached hydrogens (tertiary/aromatic N) is 1. The van der Waals surface area contributed by atoms with Gasteiger partial charge in [0.2, 0.25) is 0 Å². The van der Waals surface area contributed by atoms with Crippen LogP contribution in [0.4, 0.5) is 5.69 Å². The molecule has 1 N–H and O–H groups in total. The number of nitrogens with one attached hydrogen (secondary N) is 1. The van der Waals surface area contributed by atoms with Crippen LogP contribution in [0.5, 0.6) is 5.75 Å². The second-order valence-electron chi connectivity index (χ2n) is 8.05. The average Bonchev–Trinajstić information content (AvgIpc) is 2.76. The van der Waals surface area contributed by atoms with Crippen molar-refractivity contribution in [2.24, 2.45) is 11.8 Å². The summed E-state index contributed by atoms with van der Waals surface area (Å²) in [5, 5.41) is 2.84. The lowest BCUT2D eigenvalue weighted by atomic mass is 9.91. The molecular weight excluding hydrogens is 396 g/mol. The lowest BCUT2D eigenvalue weighted by molar-refractivity contribution is -0.142. The van der Waals surface area contributed by atoms with Gasteiger partial charge in [-0.15, -0.1) is 0 Å². The molecule has 7 nitrogen and oxygen atoms in total. The van der Waals surface area contributed by atoms with Crippen molar-refractivity contribution in [1.82, 2.24) is 4.90 Å². The lowest BCUT2D eigenvalue weighted by Crippen LogP contribution is -2.42. The van der Waals surface area contributed by atoms with E-state index >= 15 is 0 Å². The molecule has 0 radical (unpaired) electrons. The summed E-state index contributed by atoms with van der Waals surface area (Å²) in [6.07, 6.45) is 1.11. The number of carbonyl (C=O) groups excluding carboxylic acids is 3. The van der Waals surface area contributed by atoms with Crippen LogP contribution in [0.2, 0.25) is 0 Å². The molecular formula is C24H28N2O5. The van der Waals surface area contributed by atoms with Crippen molar-refractivity contribution in [3.05, 3.63) is 59.7 Å². The number of amides is 2. The van der Waals surface area contributed by atoms with Crippen LogP contribution in [0.15, 0.2) is 48.5 Å². The van der Waals surface area contributed by atoms with Gasteiger partial charge in [0, 0.05) is 18.7 Å². The first-order chi connectivity index (χ1) is 14.9. The van der Waals surface area contributed by atoms with E-state index in [9.17, 15) is 14.4 Å². The number of piperidine rings is 1. The van der Waals surface area contributed by atoms with E-state index in [0.717, 1.165) is 6.42 Å². The summed E-state index contributed by atoms with van der Waals surface area (Å²) >= 11 is 0. The molecule has 31 heavy (non-hydrogen) atoms. The molecule has 2 aromatic carbocycles. The molecule has 0 aliphatic carbocycles. The molecule has 3 rings (SSSR count). The number of carbonyl (C=O) groups is 3. The molecule has 2 amide bonds. The molecule has 0 aromatic heterocycles. The SMILES string of the molecule is COC(=O)COc1cccc(C(=O)Nc2ccccc2C(=O)N2CC(C)CC(C)C2)c1. The standard InChI is InChI=1S/C24H28N2O5/c1-16-11-17(2)14-26(13-16)24(29)20-9-4-5-10-21(20)25-23(28)18-7-6-8-19(12-18)31-15-22(27)30-3/h4-10,12,16-17H,11,13-15H2,1-3H3,(H,25,28). The Balaban J connectivity index is 1.74. The fraction of sp³-hybridized carbons (Fsp3) is 0.375. The third kappa shape index (κ3) is 5.84. The second-order valence-corrected chi connectivity index (χ2v) is 8.05. The molecule has 164 valence electrons. The van der Waals surface area contributed by atoms with Crippen LogP contribution in [0, 0.1) is 11.8 Å². The Kier molecular flexibility index (Phi) is 7.28. The number of para-hydroxylation sites is 1. The zero-order valence-electron chi connectivity index (χ0n) is 18.1. The number of hydrogen-bond acceptors (Lipinski definition) is 5. The van der Waals surface area contributed by atoms with E-state index in [1.807, 2.05) is 4.90 Å². The smallest absolute Gasteiger partial charge is 0.343 e. The van der Waals surface area contributed by atoms with Gasteiger partial charge < -0.3 is 19.7 Å². The van der Waals surface area contributed by atoms with Gasteiger partial charge in [0.15, 0.2) is 6.61 Å². The van der Waals surface area contributed by atoms with Crippen LogP contribution in [0.1, 0.15) is 41.0 Å². The van der Waals surface area contributed by atoms with Crippen molar-refractivity contribution in [2.75, 3.05) is 32.1 Å². The molecule has 1 aliphatic rings. The quantitative estimate of drug-likeness (QED) is 0.716. The van der Waals surface area contributed by atoms with Crippen molar-refractivity contribution in [3.8, 4) is 5.75 Å².